The van der Waals surface area contributed by atoms with Crippen LogP contribution >= 0.6 is 0 Å². The van der Waals surface area contributed by atoms with E-state index in [0.29, 0.717) is 17.8 Å². The molecule has 19 heavy (non-hydrogen) atoms. The summed E-state index contributed by atoms with van der Waals surface area (Å²) < 4.78 is 5.19. The molecule has 1 atom stereocenters. The number of rotatable bonds is 6. The molecule has 0 heterocycles. The molecule has 0 spiro atoms. The maximum Gasteiger partial charge on any atom is 0.118 e. The number of hydrogen-bond acceptors (Lipinski definition) is 2. The van der Waals surface area contributed by atoms with Gasteiger partial charge in [0.15, 0.2) is 0 Å². The summed E-state index contributed by atoms with van der Waals surface area (Å²) in [7, 11) is 1.69. The van der Waals surface area contributed by atoms with E-state index < -0.39 is 5.60 Å². The summed E-state index contributed by atoms with van der Waals surface area (Å²) >= 11 is 0. The Bertz CT molecular complexity index is 417. The van der Waals surface area contributed by atoms with Crippen LogP contribution in [-0.4, -0.2) is 17.8 Å². The minimum atomic E-state index is -0.403. The van der Waals surface area contributed by atoms with Gasteiger partial charge in [0.05, 0.1) is 12.7 Å². The van der Waals surface area contributed by atoms with Crippen molar-refractivity contribution in [2.75, 3.05) is 7.11 Å². The topological polar surface area (TPSA) is 29.5 Å². The third-order valence-corrected chi connectivity index (χ3v) is 4.95. The molecule has 2 aliphatic carbocycles. The van der Waals surface area contributed by atoms with E-state index in [1.807, 2.05) is 12.1 Å². The second-order valence-electron chi connectivity index (χ2n) is 6.39. The molecule has 1 N–H and O–H groups in total. The first-order chi connectivity index (χ1) is 9.14. The van der Waals surface area contributed by atoms with Gasteiger partial charge < -0.3 is 9.84 Å². The van der Waals surface area contributed by atoms with Gasteiger partial charge in [0.2, 0.25) is 0 Å². The first kappa shape index (κ1) is 13.0. The van der Waals surface area contributed by atoms with Gasteiger partial charge in [-0.1, -0.05) is 19.1 Å². The molecule has 1 aromatic carbocycles. The lowest BCUT2D eigenvalue weighted by Gasteiger charge is -2.35. The maximum atomic E-state index is 11.1. The number of benzene rings is 1. The third kappa shape index (κ3) is 2.51. The van der Waals surface area contributed by atoms with E-state index >= 15 is 0 Å². The van der Waals surface area contributed by atoms with Crippen LogP contribution in [0.4, 0.5) is 0 Å². The van der Waals surface area contributed by atoms with E-state index in [1.165, 1.54) is 31.2 Å². The largest absolute Gasteiger partial charge is 0.497 e. The van der Waals surface area contributed by atoms with Crippen LogP contribution in [-0.2, 0) is 6.42 Å². The van der Waals surface area contributed by atoms with Crippen LogP contribution in [0.25, 0.3) is 0 Å². The number of aliphatic hydroxyl groups is 1. The van der Waals surface area contributed by atoms with Crippen molar-refractivity contribution in [1.82, 2.24) is 0 Å². The van der Waals surface area contributed by atoms with E-state index in [-0.39, 0.29) is 0 Å². The normalized spacial score (nSPS) is 21.2. The molecule has 0 bridgehead atoms. The lowest BCUT2D eigenvalue weighted by Crippen LogP contribution is -2.42. The zero-order valence-electron chi connectivity index (χ0n) is 11.9. The Balaban J connectivity index is 1.70. The average molecular weight is 260 g/mol. The Hall–Kier alpha value is -1.02. The zero-order chi connectivity index (χ0) is 13.5. The number of hydrogen-bond donors (Lipinski definition) is 1. The quantitative estimate of drug-likeness (QED) is 0.849. The highest BCUT2D eigenvalue weighted by molar-refractivity contribution is 5.28. The molecular weight excluding hydrogens is 236 g/mol. The molecule has 0 unspecified atom stereocenters. The van der Waals surface area contributed by atoms with Crippen molar-refractivity contribution >= 4 is 0 Å². The molecule has 0 amide bonds. The van der Waals surface area contributed by atoms with Gasteiger partial charge >= 0.3 is 0 Å². The van der Waals surface area contributed by atoms with Crippen LogP contribution in [0, 0.1) is 17.8 Å². The molecule has 0 saturated heterocycles. The Morgan fingerprint density at radius 1 is 1.16 bits per heavy atom. The standard InChI is InChI=1S/C17H24O2/c1-12(11-13-3-9-16(19-2)10-4-13)17(18,14-5-6-14)15-7-8-15/h3-4,9-10,12,14-15,18H,5-8,11H2,1-2H3/t12-/m0/s1. The van der Waals surface area contributed by atoms with Crippen LogP contribution in [0.5, 0.6) is 5.75 Å². The van der Waals surface area contributed by atoms with Crippen LogP contribution in [0.3, 0.4) is 0 Å². The maximum absolute atomic E-state index is 11.1. The zero-order valence-corrected chi connectivity index (χ0v) is 11.9. The van der Waals surface area contributed by atoms with Gasteiger partial charge in [-0.2, -0.15) is 0 Å². The van der Waals surface area contributed by atoms with E-state index in [4.69, 9.17) is 4.74 Å². The minimum absolute atomic E-state index is 0.348. The first-order valence-electron chi connectivity index (χ1n) is 7.50. The molecule has 2 fully saturated rings. The van der Waals surface area contributed by atoms with E-state index in [1.54, 1.807) is 7.11 Å². The summed E-state index contributed by atoms with van der Waals surface area (Å²) in [6, 6.07) is 8.26. The predicted octanol–water partition coefficient (Wildman–Crippen LogP) is 3.42. The summed E-state index contributed by atoms with van der Waals surface area (Å²) in [5, 5.41) is 11.1. The molecule has 1 aromatic rings. The minimum Gasteiger partial charge on any atom is -0.497 e. The summed E-state index contributed by atoms with van der Waals surface area (Å²) in [5.41, 5.74) is 0.896. The first-order valence-corrected chi connectivity index (χ1v) is 7.50. The fourth-order valence-corrected chi connectivity index (χ4v) is 3.51. The Kier molecular flexibility index (Phi) is 3.30. The lowest BCUT2D eigenvalue weighted by atomic mass is 9.77. The monoisotopic (exact) mass is 260 g/mol. The van der Waals surface area contributed by atoms with Crippen LogP contribution < -0.4 is 4.74 Å². The van der Waals surface area contributed by atoms with Crippen molar-refractivity contribution in [1.29, 1.82) is 0 Å². The smallest absolute Gasteiger partial charge is 0.118 e. The summed E-state index contributed by atoms with van der Waals surface area (Å²) in [5.74, 6) is 2.37. The van der Waals surface area contributed by atoms with Gasteiger partial charge in [0.1, 0.15) is 5.75 Å². The second kappa shape index (κ2) is 4.82. The molecule has 0 aliphatic heterocycles. The average Bonchev–Trinajstić information content (AvgIpc) is 3.31. The van der Waals surface area contributed by atoms with Gasteiger partial charge in [0, 0.05) is 0 Å². The predicted molar refractivity (Wildman–Crippen MR) is 76.3 cm³/mol. The lowest BCUT2D eigenvalue weighted by molar-refractivity contribution is -0.0531. The third-order valence-electron chi connectivity index (χ3n) is 4.95. The summed E-state index contributed by atoms with van der Waals surface area (Å²) in [6.45, 7) is 2.22. The fraction of sp³-hybridized carbons (Fsp3) is 0.647. The Morgan fingerprint density at radius 3 is 2.11 bits per heavy atom. The van der Waals surface area contributed by atoms with Gasteiger partial charge in [0.25, 0.3) is 0 Å². The molecular formula is C17H24O2. The summed E-state index contributed by atoms with van der Waals surface area (Å²) in [4.78, 5) is 0. The Labute approximate surface area is 115 Å². The van der Waals surface area contributed by atoms with E-state index in [9.17, 15) is 5.11 Å². The van der Waals surface area contributed by atoms with Gasteiger partial charge in [-0.25, -0.2) is 0 Å². The van der Waals surface area contributed by atoms with Gasteiger partial charge in [-0.15, -0.1) is 0 Å². The molecule has 2 heteroatoms. The highest BCUT2D eigenvalue weighted by Gasteiger charge is 2.55. The van der Waals surface area contributed by atoms with Crippen molar-refractivity contribution in [3.63, 3.8) is 0 Å². The Morgan fingerprint density at radius 2 is 1.68 bits per heavy atom. The van der Waals surface area contributed by atoms with Crippen molar-refractivity contribution in [2.24, 2.45) is 17.8 Å². The van der Waals surface area contributed by atoms with Crippen molar-refractivity contribution < 1.29 is 9.84 Å². The van der Waals surface area contributed by atoms with Gasteiger partial charge in [-0.05, 0) is 67.6 Å². The van der Waals surface area contributed by atoms with Crippen molar-refractivity contribution in [3.8, 4) is 5.75 Å². The fourth-order valence-electron chi connectivity index (χ4n) is 3.51. The van der Waals surface area contributed by atoms with Crippen molar-refractivity contribution in [3.05, 3.63) is 29.8 Å². The SMILES string of the molecule is COc1ccc(C[C@H](C)C(O)(C2CC2)C2CC2)cc1. The van der Waals surface area contributed by atoms with E-state index in [0.717, 1.165) is 12.2 Å². The van der Waals surface area contributed by atoms with Crippen LogP contribution in [0.1, 0.15) is 38.2 Å². The van der Waals surface area contributed by atoms with E-state index in [2.05, 4.69) is 19.1 Å². The van der Waals surface area contributed by atoms with Crippen LogP contribution in [0.2, 0.25) is 0 Å². The second-order valence-corrected chi connectivity index (χ2v) is 6.39. The van der Waals surface area contributed by atoms with Crippen LogP contribution in [0.15, 0.2) is 24.3 Å². The highest BCUT2D eigenvalue weighted by atomic mass is 16.5. The molecule has 2 saturated carbocycles. The molecule has 2 aliphatic rings. The molecule has 2 nitrogen and oxygen atoms in total. The molecule has 0 aromatic heterocycles. The summed E-state index contributed by atoms with van der Waals surface area (Å²) in [6.07, 6.45) is 5.85. The molecule has 3 rings (SSSR count). The number of ether oxygens (including phenoxy) is 1. The molecule has 104 valence electrons. The van der Waals surface area contributed by atoms with Crippen molar-refractivity contribution in [2.45, 2.75) is 44.6 Å². The molecule has 0 radical (unpaired) electrons. The van der Waals surface area contributed by atoms with Gasteiger partial charge in [-0.3, -0.25) is 0 Å². The highest BCUT2D eigenvalue weighted by Crippen LogP contribution is 2.55. The number of methoxy groups -OCH3 is 1.